The zero-order chi connectivity index (χ0) is 12.3. The lowest BCUT2D eigenvalue weighted by atomic mass is 10.0. The van der Waals surface area contributed by atoms with Crippen molar-refractivity contribution < 1.29 is 0 Å². The van der Waals surface area contributed by atoms with Crippen LogP contribution in [0, 0.1) is 0 Å². The first-order chi connectivity index (χ1) is 8.19. The molecule has 17 heavy (non-hydrogen) atoms. The third kappa shape index (κ3) is 3.02. The summed E-state index contributed by atoms with van der Waals surface area (Å²) in [6.07, 6.45) is 0.877. The molecule has 2 aromatic rings. The van der Waals surface area contributed by atoms with Gasteiger partial charge in [0.15, 0.2) is 0 Å². The summed E-state index contributed by atoms with van der Waals surface area (Å²) in [6, 6.07) is 14.2. The van der Waals surface area contributed by atoms with E-state index in [9.17, 15) is 0 Å². The second-order valence-electron chi connectivity index (χ2n) is 4.09. The number of thiol groups is 1. The molecule has 0 aromatic heterocycles. The van der Waals surface area contributed by atoms with Crippen LogP contribution in [0.2, 0.25) is 0 Å². The SMILES string of the molecule is NCc1cccc(Cc2ccc(N)c(S)c2)c1. The normalized spacial score (nSPS) is 10.5. The van der Waals surface area contributed by atoms with Crippen molar-refractivity contribution in [1.82, 2.24) is 0 Å². The molecular weight excluding hydrogens is 228 g/mol. The van der Waals surface area contributed by atoms with Gasteiger partial charge in [-0.15, -0.1) is 12.6 Å². The monoisotopic (exact) mass is 244 g/mol. The topological polar surface area (TPSA) is 52.0 Å². The van der Waals surface area contributed by atoms with Crippen LogP contribution in [0.15, 0.2) is 47.4 Å². The van der Waals surface area contributed by atoms with E-state index in [1.54, 1.807) is 0 Å². The van der Waals surface area contributed by atoms with E-state index in [4.69, 9.17) is 11.5 Å². The van der Waals surface area contributed by atoms with E-state index in [0.717, 1.165) is 16.9 Å². The van der Waals surface area contributed by atoms with Crippen LogP contribution in [0.3, 0.4) is 0 Å². The molecule has 2 rings (SSSR count). The lowest BCUT2D eigenvalue weighted by Gasteiger charge is -2.06. The van der Waals surface area contributed by atoms with Crippen LogP contribution in [0.5, 0.6) is 0 Å². The quantitative estimate of drug-likeness (QED) is 0.574. The molecule has 0 atom stereocenters. The Bertz CT molecular complexity index is 523. The predicted octanol–water partition coefficient (Wildman–Crippen LogP) is 2.61. The molecule has 0 bridgehead atoms. The lowest BCUT2D eigenvalue weighted by molar-refractivity contribution is 1.05. The van der Waals surface area contributed by atoms with Crippen molar-refractivity contribution in [2.24, 2.45) is 5.73 Å². The largest absolute Gasteiger partial charge is 0.398 e. The minimum atomic E-state index is 0.577. The predicted molar refractivity (Wildman–Crippen MR) is 75.2 cm³/mol. The molecule has 0 unspecified atom stereocenters. The van der Waals surface area contributed by atoms with Gasteiger partial charge in [0.2, 0.25) is 0 Å². The molecule has 2 aromatic carbocycles. The summed E-state index contributed by atoms with van der Waals surface area (Å²) in [5.74, 6) is 0. The molecule has 0 radical (unpaired) electrons. The second-order valence-corrected chi connectivity index (χ2v) is 4.58. The Balaban J connectivity index is 2.22. The maximum atomic E-state index is 5.73. The van der Waals surface area contributed by atoms with Gasteiger partial charge >= 0.3 is 0 Å². The van der Waals surface area contributed by atoms with E-state index in [1.807, 2.05) is 30.3 Å². The Morgan fingerprint density at radius 3 is 2.35 bits per heavy atom. The number of rotatable bonds is 3. The molecule has 0 aliphatic rings. The van der Waals surface area contributed by atoms with Crippen LogP contribution in [-0.4, -0.2) is 0 Å². The molecule has 0 spiro atoms. The number of hydrogen-bond acceptors (Lipinski definition) is 3. The average Bonchev–Trinajstić information content (AvgIpc) is 2.34. The molecule has 2 nitrogen and oxygen atoms in total. The van der Waals surface area contributed by atoms with Crippen LogP contribution in [0.25, 0.3) is 0 Å². The number of hydrogen-bond donors (Lipinski definition) is 3. The van der Waals surface area contributed by atoms with Crippen molar-refractivity contribution in [3.63, 3.8) is 0 Å². The van der Waals surface area contributed by atoms with Crippen LogP contribution in [0.1, 0.15) is 16.7 Å². The Hall–Kier alpha value is -1.45. The summed E-state index contributed by atoms with van der Waals surface area (Å²) < 4.78 is 0. The third-order valence-electron chi connectivity index (χ3n) is 2.73. The van der Waals surface area contributed by atoms with Crippen LogP contribution in [0.4, 0.5) is 5.69 Å². The van der Waals surface area contributed by atoms with Crippen molar-refractivity contribution in [1.29, 1.82) is 0 Å². The fourth-order valence-electron chi connectivity index (χ4n) is 1.80. The Morgan fingerprint density at radius 2 is 1.65 bits per heavy atom. The Labute approximate surface area is 107 Å². The highest BCUT2D eigenvalue weighted by Crippen LogP contribution is 2.20. The van der Waals surface area contributed by atoms with Gasteiger partial charge in [-0.25, -0.2) is 0 Å². The molecule has 0 heterocycles. The molecule has 0 fully saturated rings. The number of anilines is 1. The van der Waals surface area contributed by atoms with Crippen molar-refractivity contribution in [3.8, 4) is 0 Å². The Kier molecular flexibility index (Phi) is 3.71. The maximum absolute atomic E-state index is 5.73. The molecule has 0 saturated carbocycles. The van der Waals surface area contributed by atoms with Crippen LogP contribution in [-0.2, 0) is 13.0 Å². The minimum absolute atomic E-state index is 0.577. The van der Waals surface area contributed by atoms with E-state index in [2.05, 4.69) is 24.8 Å². The third-order valence-corrected chi connectivity index (χ3v) is 3.12. The van der Waals surface area contributed by atoms with Crippen molar-refractivity contribution in [2.75, 3.05) is 5.73 Å². The summed E-state index contributed by atoms with van der Waals surface area (Å²) >= 11 is 4.33. The zero-order valence-corrected chi connectivity index (χ0v) is 10.5. The van der Waals surface area contributed by atoms with E-state index in [-0.39, 0.29) is 0 Å². The molecule has 4 N–H and O–H groups in total. The molecular formula is C14H16N2S. The number of benzene rings is 2. The summed E-state index contributed by atoms with van der Waals surface area (Å²) in [4.78, 5) is 0.831. The molecule has 3 heteroatoms. The van der Waals surface area contributed by atoms with Gasteiger partial charge < -0.3 is 11.5 Å². The van der Waals surface area contributed by atoms with Gasteiger partial charge in [-0.1, -0.05) is 30.3 Å². The van der Waals surface area contributed by atoms with E-state index < -0.39 is 0 Å². The second kappa shape index (κ2) is 5.25. The van der Waals surface area contributed by atoms with E-state index >= 15 is 0 Å². The van der Waals surface area contributed by atoms with Gasteiger partial charge in [-0.3, -0.25) is 0 Å². The zero-order valence-electron chi connectivity index (χ0n) is 9.56. The van der Waals surface area contributed by atoms with Gasteiger partial charge in [-0.2, -0.15) is 0 Å². The van der Waals surface area contributed by atoms with E-state index in [1.165, 1.54) is 11.1 Å². The molecule has 88 valence electrons. The smallest absolute Gasteiger partial charge is 0.0449 e. The van der Waals surface area contributed by atoms with Gasteiger partial charge in [0, 0.05) is 17.1 Å². The van der Waals surface area contributed by atoms with Gasteiger partial charge in [0.05, 0.1) is 0 Å². The van der Waals surface area contributed by atoms with Crippen LogP contribution < -0.4 is 11.5 Å². The average molecular weight is 244 g/mol. The highest BCUT2D eigenvalue weighted by atomic mass is 32.1. The minimum Gasteiger partial charge on any atom is -0.398 e. The molecule has 0 aliphatic carbocycles. The fraction of sp³-hybridized carbons (Fsp3) is 0.143. The highest BCUT2D eigenvalue weighted by molar-refractivity contribution is 7.80. The lowest BCUT2D eigenvalue weighted by Crippen LogP contribution is -1.97. The Morgan fingerprint density at radius 1 is 0.941 bits per heavy atom. The van der Waals surface area contributed by atoms with Gasteiger partial charge in [0.25, 0.3) is 0 Å². The number of nitrogen functional groups attached to an aromatic ring is 1. The highest BCUT2D eigenvalue weighted by Gasteiger charge is 2.00. The molecule has 0 amide bonds. The van der Waals surface area contributed by atoms with Crippen molar-refractivity contribution in [3.05, 3.63) is 59.2 Å². The summed E-state index contributed by atoms with van der Waals surface area (Å²) in [5, 5.41) is 0. The number of nitrogens with two attached hydrogens (primary N) is 2. The van der Waals surface area contributed by atoms with Crippen LogP contribution >= 0.6 is 12.6 Å². The molecule has 0 saturated heterocycles. The first-order valence-electron chi connectivity index (χ1n) is 5.54. The summed E-state index contributed by atoms with van der Waals surface area (Å²) in [7, 11) is 0. The first-order valence-corrected chi connectivity index (χ1v) is 5.99. The van der Waals surface area contributed by atoms with E-state index in [0.29, 0.717) is 12.2 Å². The fourth-order valence-corrected chi connectivity index (χ4v) is 2.04. The summed E-state index contributed by atoms with van der Waals surface area (Å²) in [5.41, 5.74) is 15.7. The first kappa shape index (κ1) is 12.0. The molecule has 0 aliphatic heterocycles. The summed E-state index contributed by atoms with van der Waals surface area (Å²) in [6.45, 7) is 0.577. The van der Waals surface area contributed by atoms with Crippen molar-refractivity contribution in [2.45, 2.75) is 17.9 Å². The maximum Gasteiger partial charge on any atom is 0.0449 e. The van der Waals surface area contributed by atoms with Crippen molar-refractivity contribution >= 4 is 18.3 Å². The standard InChI is InChI=1S/C14H16N2S/c15-9-12-3-1-2-10(7-12)6-11-4-5-13(16)14(17)8-11/h1-5,7-8,17H,6,9,15-16H2. The van der Waals surface area contributed by atoms with Gasteiger partial charge in [-0.05, 0) is 35.2 Å². The van der Waals surface area contributed by atoms with Gasteiger partial charge in [0.1, 0.15) is 0 Å².